The van der Waals surface area contributed by atoms with E-state index in [9.17, 15) is 0 Å². The average Bonchev–Trinajstić information content (AvgIpc) is 2.25. The summed E-state index contributed by atoms with van der Waals surface area (Å²) in [5, 5.41) is 4.72. The van der Waals surface area contributed by atoms with Gasteiger partial charge in [0, 0.05) is 19.3 Å². The van der Waals surface area contributed by atoms with Gasteiger partial charge in [0.2, 0.25) is 0 Å². The third-order valence-corrected chi connectivity index (χ3v) is 3.16. The number of hydrogen-bond donors (Lipinski definition) is 1. The second-order valence-electron chi connectivity index (χ2n) is 3.63. The summed E-state index contributed by atoms with van der Waals surface area (Å²) in [4.78, 5) is 0. The molecule has 0 amide bonds. The van der Waals surface area contributed by atoms with Gasteiger partial charge in [-0.2, -0.15) is 0 Å². The van der Waals surface area contributed by atoms with E-state index >= 15 is 0 Å². The Labute approximate surface area is 99.5 Å². The predicted octanol–water partition coefficient (Wildman–Crippen LogP) is 3.58. The number of rotatable bonds is 2. The second-order valence-corrected chi connectivity index (χ2v) is 4.44. The van der Waals surface area contributed by atoms with Crippen LogP contribution in [-0.2, 0) is 4.74 Å². The van der Waals surface area contributed by atoms with Gasteiger partial charge in [-0.15, -0.1) is 0 Å². The first-order chi connectivity index (χ1) is 7.27. The number of hydrogen-bond acceptors (Lipinski definition) is 2. The van der Waals surface area contributed by atoms with Crippen molar-refractivity contribution < 1.29 is 4.74 Å². The first-order valence-electron chi connectivity index (χ1n) is 5.05. The molecule has 0 saturated carbocycles. The molecule has 4 heteroatoms. The first kappa shape index (κ1) is 11.1. The van der Waals surface area contributed by atoms with Crippen LogP contribution >= 0.6 is 23.2 Å². The molecule has 1 fully saturated rings. The minimum Gasteiger partial charge on any atom is -0.381 e. The zero-order chi connectivity index (χ0) is 10.7. The largest absolute Gasteiger partial charge is 0.381 e. The average molecular weight is 246 g/mol. The third-order valence-electron chi connectivity index (χ3n) is 2.53. The van der Waals surface area contributed by atoms with Crippen LogP contribution in [0.1, 0.15) is 12.8 Å². The second kappa shape index (κ2) is 5.06. The van der Waals surface area contributed by atoms with Crippen molar-refractivity contribution in [3.8, 4) is 0 Å². The molecule has 1 N–H and O–H groups in total. The number of benzene rings is 1. The van der Waals surface area contributed by atoms with Crippen molar-refractivity contribution in [3.63, 3.8) is 0 Å². The fourth-order valence-corrected chi connectivity index (χ4v) is 2.19. The Morgan fingerprint density at radius 3 is 2.33 bits per heavy atom. The predicted molar refractivity (Wildman–Crippen MR) is 63.9 cm³/mol. The van der Waals surface area contributed by atoms with Gasteiger partial charge >= 0.3 is 0 Å². The van der Waals surface area contributed by atoms with E-state index in [2.05, 4.69) is 5.32 Å². The van der Waals surface area contributed by atoms with Crippen molar-refractivity contribution in [2.75, 3.05) is 18.5 Å². The summed E-state index contributed by atoms with van der Waals surface area (Å²) in [7, 11) is 0. The summed E-state index contributed by atoms with van der Waals surface area (Å²) in [6.07, 6.45) is 2.00. The Bertz CT molecular complexity index is 317. The molecule has 82 valence electrons. The zero-order valence-electron chi connectivity index (χ0n) is 8.30. The van der Waals surface area contributed by atoms with Crippen LogP contribution in [0.5, 0.6) is 0 Å². The lowest BCUT2D eigenvalue weighted by atomic mass is 10.1. The van der Waals surface area contributed by atoms with E-state index in [1.807, 2.05) is 18.2 Å². The number of nitrogens with one attached hydrogen (secondary N) is 1. The third kappa shape index (κ3) is 2.77. The normalized spacial score (nSPS) is 17.7. The molecule has 2 nitrogen and oxygen atoms in total. The quantitative estimate of drug-likeness (QED) is 0.861. The van der Waals surface area contributed by atoms with Crippen LogP contribution in [0.15, 0.2) is 18.2 Å². The molecule has 1 aromatic rings. The number of para-hydroxylation sites is 1. The van der Waals surface area contributed by atoms with E-state index in [0.717, 1.165) is 31.7 Å². The lowest BCUT2D eigenvalue weighted by Gasteiger charge is -2.25. The zero-order valence-corrected chi connectivity index (χ0v) is 9.81. The molecular weight excluding hydrogens is 233 g/mol. The molecule has 1 aliphatic heterocycles. The molecule has 1 heterocycles. The number of anilines is 1. The van der Waals surface area contributed by atoms with E-state index < -0.39 is 0 Å². The van der Waals surface area contributed by atoms with Gasteiger partial charge in [-0.1, -0.05) is 29.3 Å². The van der Waals surface area contributed by atoms with Crippen molar-refractivity contribution >= 4 is 28.9 Å². The van der Waals surface area contributed by atoms with Crippen LogP contribution in [0.2, 0.25) is 10.0 Å². The molecule has 0 spiro atoms. The van der Waals surface area contributed by atoms with Gasteiger partial charge < -0.3 is 10.1 Å². The summed E-state index contributed by atoms with van der Waals surface area (Å²) in [6.45, 7) is 1.61. The highest BCUT2D eigenvalue weighted by atomic mass is 35.5. The summed E-state index contributed by atoms with van der Waals surface area (Å²) in [5.74, 6) is 0. The van der Waals surface area contributed by atoms with Crippen LogP contribution in [-0.4, -0.2) is 19.3 Å². The van der Waals surface area contributed by atoms with Crippen molar-refractivity contribution in [1.29, 1.82) is 0 Å². The van der Waals surface area contributed by atoms with Crippen molar-refractivity contribution in [1.82, 2.24) is 0 Å². The number of halogens is 2. The van der Waals surface area contributed by atoms with Gasteiger partial charge in [0.25, 0.3) is 0 Å². The Morgan fingerprint density at radius 2 is 1.73 bits per heavy atom. The molecule has 0 radical (unpaired) electrons. The molecular formula is C11H13Cl2NO. The van der Waals surface area contributed by atoms with E-state index in [4.69, 9.17) is 27.9 Å². The van der Waals surface area contributed by atoms with Crippen LogP contribution in [0.3, 0.4) is 0 Å². The highest BCUT2D eigenvalue weighted by molar-refractivity contribution is 6.39. The summed E-state index contributed by atoms with van der Waals surface area (Å²) >= 11 is 12.1. The summed E-state index contributed by atoms with van der Waals surface area (Å²) in [5.41, 5.74) is 0.840. The monoisotopic (exact) mass is 245 g/mol. The lowest BCUT2D eigenvalue weighted by molar-refractivity contribution is 0.0904. The maximum absolute atomic E-state index is 6.07. The maximum Gasteiger partial charge on any atom is 0.0721 e. The SMILES string of the molecule is Clc1cccc(Cl)c1NC1CCOCC1. The van der Waals surface area contributed by atoms with E-state index in [0.29, 0.717) is 16.1 Å². The molecule has 1 saturated heterocycles. The summed E-state index contributed by atoms with van der Waals surface area (Å²) < 4.78 is 5.29. The van der Waals surface area contributed by atoms with Gasteiger partial charge in [-0.25, -0.2) is 0 Å². The lowest BCUT2D eigenvalue weighted by Crippen LogP contribution is -2.28. The molecule has 0 bridgehead atoms. The Balaban J connectivity index is 2.09. The minimum absolute atomic E-state index is 0.413. The van der Waals surface area contributed by atoms with Crippen molar-refractivity contribution in [3.05, 3.63) is 28.2 Å². The molecule has 0 unspecified atom stereocenters. The maximum atomic E-state index is 6.07. The molecule has 0 aromatic heterocycles. The highest BCUT2D eigenvalue weighted by Gasteiger charge is 2.15. The highest BCUT2D eigenvalue weighted by Crippen LogP contribution is 2.31. The van der Waals surface area contributed by atoms with Crippen molar-refractivity contribution in [2.45, 2.75) is 18.9 Å². The standard InChI is InChI=1S/C11H13Cl2NO/c12-9-2-1-3-10(13)11(9)14-8-4-6-15-7-5-8/h1-3,8,14H,4-7H2. The van der Waals surface area contributed by atoms with Gasteiger partial charge in [-0.05, 0) is 25.0 Å². The molecule has 1 aromatic carbocycles. The van der Waals surface area contributed by atoms with Gasteiger partial charge in [0.05, 0.1) is 15.7 Å². The van der Waals surface area contributed by atoms with Crippen LogP contribution in [0, 0.1) is 0 Å². The number of ether oxygens (including phenoxy) is 1. The van der Waals surface area contributed by atoms with E-state index in [-0.39, 0.29) is 0 Å². The Hall–Kier alpha value is -0.440. The van der Waals surface area contributed by atoms with E-state index in [1.165, 1.54) is 0 Å². The smallest absolute Gasteiger partial charge is 0.0721 e. The Morgan fingerprint density at radius 1 is 1.13 bits per heavy atom. The van der Waals surface area contributed by atoms with E-state index in [1.54, 1.807) is 0 Å². The fraction of sp³-hybridized carbons (Fsp3) is 0.455. The van der Waals surface area contributed by atoms with Gasteiger partial charge in [-0.3, -0.25) is 0 Å². The summed E-state index contributed by atoms with van der Waals surface area (Å²) in [6, 6.07) is 5.94. The first-order valence-corrected chi connectivity index (χ1v) is 5.81. The molecule has 1 aliphatic rings. The Kier molecular flexibility index (Phi) is 3.73. The molecule has 0 aliphatic carbocycles. The van der Waals surface area contributed by atoms with Gasteiger partial charge in [0.15, 0.2) is 0 Å². The fourth-order valence-electron chi connectivity index (χ4n) is 1.68. The minimum atomic E-state index is 0.413. The van der Waals surface area contributed by atoms with Crippen LogP contribution in [0.25, 0.3) is 0 Å². The topological polar surface area (TPSA) is 21.3 Å². The molecule has 2 rings (SSSR count). The molecule has 15 heavy (non-hydrogen) atoms. The van der Waals surface area contributed by atoms with Crippen LogP contribution in [0.4, 0.5) is 5.69 Å². The van der Waals surface area contributed by atoms with Crippen molar-refractivity contribution in [2.24, 2.45) is 0 Å². The molecule has 0 atom stereocenters. The van der Waals surface area contributed by atoms with Crippen LogP contribution < -0.4 is 5.32 Å². The van der Waals surface area contributed by atoms with Gasteiger partial charge in [0.1, 0.15) is 0 Å².